The number of furan rings is 1. The average molecular weight is 286 g/mol. The molecule has 0 aromatic carbocycles. The lowest BCUT2D eigenvalue weighted by molar-refractivity contribution is 0.0893. The van der Waals surface area contributed by atoms with E-state index in [-0.39, 0.29) is 24.0 Å². The monoisotopic (exact) mass is 286 g/mol. The Morgan fingerprint density at radius 3 is 2.71 bits per heavy atom. The number of carbonyl (C=O) groups excluding carboxylic acids is 1. The van der Waals surface area contributed by atoms with Gasteiger partial charge in [-0.25, -0.2) is 10.9 Å². The number of hydrazine groups is 1. The maximum Gasteiger partial charge on any atom is 0.288 e. The van der Waals surface area contributed by atoms with Crippen molar-refractivity contribution in [3.05, 3.63) is 53.7 Å². The Labute approximate surface area is 122 Å². The van der Waals surface area contributed by atoms with E-state index in [1.54, 1.807) is 18.5 Å². The number of hydrogen-bond acceptors (Lipinski definition) is 5. The highest BCUT2D eigenvalue weighted by atomic mass is 16.3. The second kappa shape index (κ2) is 5.67. The predicted octanol–water partition coefficient (Wildman–Crippen LogP) is 1.52. The van der Waals surface area contributed by atoms with Crippen LogP contribution in [0.3, 0.4) is 0 Å². The summed E-state index contributed by atoms with van der Waals surface area (Å²) in [4.78, 5) is 16.2. The van der Waals surface area contributed by atoms with Crippen molar-refractivity contribution >= 4 is 5.91 Å². The average Bonchev–Trinajstić information content (AvgIpc) is 3.07. The van der Waals surface area contributed by atoms with Gasteiger partial charge in [0.1, 0.15) is 0 Å². The quantitative estimate of drug-likeness (QED) is 0.797. The number of amides is 1. The van der Waals surface area contributed by atoms with Crippen LogP contribution in [0.15, 0.2) is 41.3 Å². The third-order valence-corrected chi connectivity index (χ3v) is 3.87. The Balaban J connectivity index is 1.68. The fraction of sp³-hybridized carbons (Fsp3) is 0.333. The first-order valence-electron chi connectivity index (χ1n) is 6.93. The molecule has 0 bridgehead atoms. The standard InChI is InChI=1S/C15H18N4O2/c1-9-5-8-21-13(9)15(20)17-14-10(2)12(18-19-14)11-3-6-16-7-4-11/h3-8,10,12,14,18-19H,1-2H3,(H,17,20). The molecular formula is C15H18N4O2. The van der Waals surface area contributed by atoms with Gasteiger partial charge in [-0.3, -0.25) is 9.78 Å². The first kappa shape index (κ1) is 13.8. The minimum absolute atomic E-state index is 0.121. The van der Waals surface area contributed by atoms with E-state index in [2.05, 4.69) is 28.1 Å². The Bertz CT molecular complexity index is 626. The summed E-state index contributed by atoms with van der Waals surface area (Å²) in [5, 5.41) is 2.95. The van der Waals surface area contributed by atoms with Gasteiger partial charge in [-0.15, -0.1) is 0 Å². The van der Waals surface area contributed by atoms with E-state index in [9.17, 15) is 4.79 Å². The normalized spacial score (nSPS) is 25.0. The van der Waals surface area contributed by atoms with Crippen LogP contribution in [0, 0.1) is 12.8 Å². The van der Waals surface area contributed by atoms with Gasteiger partial charge in [0, 0.05) is 23.9 Å². The van der Waals surface area contributed by atoms with Crippen molar-refractivity contribution in [1.82, 2.24) is 21.2 Å². The maximum atomic E-state index is 12.2. The number of aryl methyl sites for hydroxylation is 1. The molecule has 3 atom stereocenters. The summed E-state index contributed by atoms with van der Waals surface area (Å²) >= 11 is 0. The summed E-state index contributed by atoms with van der Waals surface area (Å²) in [5.41, 5.74) is 8.30. The van der Waals surface area contributed by atoms with Crippen LogP contribution < -0.4 is 16.2 Å². The number of aromatic nitrogens is 1. The van der Waals surface area contributed by atoms with Crippen LogP contribution in [0.1, 0.15) is 34.6 Å². The van der Waals surface area contributed by atoms with Gasteiger partial charge in [-0.05, 0) is 30.7 Å². The third-order valence-electron chi connectivity index (χ3n) is 3.87. The van der Waals surface area contributed by atoms with Crippen LogP contribution in [0.4, 0.5) is 0 Å². The van der Waals surface area contributed by atoms with E-state index >= 15 is 0 Å². The Kier molecular flexibility index (Phi) is 3.72. The Hall–Kier alpha value is -2.18. The summed E-state index contributed by atoms with van der Waals surface area (Å²) in [6.07, 6.45) is 4.89. The molecule has 1 aliphatic rings. The van der Waals surface area contributed by atoms with Gasteiger partial charge in [-0.1, -0.05) is 6.92 Å². The van der Waals surface area contributed by atoms with Gasteiger partial charge in [0.25, 0.3) is 5.91 Å². The smallest absolute Gasteiger partial charge is 0.288 e. The molecule has 0 aliphatic carbocycles. The zero-order chi connectivity index (χ0) is 14.8. The SMILES string of the molecule is Cc1ccoc1C(=O)NC1NNC(c2ccncc2)C1C. The van der Waals surface area contributed by atoms with Gasteiger partial charge in [-0.2, -0.15) is 0 Å². The van der Waals surface area contributed by atoms with Crippen molar-refractivity contribution in [2.45, 2.75) is 26.1 Å². The molecule has 0 radical (unpaired) electrons. The maximum absolute atomic E-state index is 12.2. The highest BCUT2D eigenvalue weighted by Gasteiger charge is 2.34. The predicted molar refractivity (Wildman–Crippen MR) is 77.1 cm³/mol. The third kappa shape index (κ3) is 2.68. The molecule has 3 heterocycles. The highest BCUT2D eigenvalue weighted by molar-refractivity contribution is 5.93. The largest absolute Gasteiger partial charge is 0.459 e. The first-order valence-corrected chi connectivity index (χ1v) is 6.93. The van der Waals surface area contributed by atoms with Crippen molar-refractivity contribution in [3.63, 3.8) is 0 Å². The van der Waals surface area contributed by atoms with Gasteiger partial charge in [0.2, 0.25) is 0 Å². The fourth-order valence-corrected chi connectivity index (χ4v) is 2.57. The minimum Gasteiger partial charge on any atom is -0.459 e. The van der Waals surface area contributed by atoms with E-state index in [4.69, 9.17) is 4.42 Å². The molecule has 21 heavy (non-hydrogen) atoms. The molecule has 1 aliphatic heterocycles. The topological polar surface area (TPSA) is 79.2 Å². The molecule has 3 unspecified atom stereocenters. The first-order chi connectivity index (χ1) is 10.2. The van der Waals surface area contributed by atoms with Crippen molar-refractivity contribution in [2.24, 2.45) is 5.92 Å². The molecule has 2 aromatic heterocycles. The van der Waals surface area contributed by atoms with E-state index in [1.807, 2.05) is 19.1 Å². The summed E-state index contributed by atoms with van der Waals surface area (Å²) < 4.78 is 5.21. The van der Waals surface area contributed by atoms with E-state index in [0.717, 1.165) is 11.1 Å². The van der Waals surface area contributed by atoms with Crippen LogP contribution in [-0.2, 0) is 0 Å². The van der Waals surface area contributed by atoms with Gasteiger partial charge < -0.3 is 9.73 Å². The van der Waals surface area contributed by atoms with Crippen molar-refractivity contribution in [3.8, 4) is 0 Å². The lowest BCUT2D eigenvalue weighted by Gasteiger charge is -2.19. The second-order valence-electron chi connectivity index (χ2n) is 5.29. The number of hydrogen-bond donors (Lipinski definition) is 3. The van der Waals surface area contributed by atoms with Crippen molar-refractivity contribution in [1.29, 1.82) is 0 Å². The number of nitrogens with zero attached hydrogens (tertiary/aromatic N) is 1. The van der Waals surface area contributed by atoms with E-state index in [1.165, 1.54) is 6.26 Å². The lowest BCUT2D eigenvalue weighted by Crippen LogP contribution is -2.46. The molecule has 1 fully saturated rings. The molecule has 0 spiro atoms. The second-order valence-corrected chi connectivity index (χ2v) is 5.29. The van der Waals surface area contributed by atoms with Crippen molar-refractivity contribution in [2.75, 3.05) is 0 Å². The van der Waals surface area contributed by atoms with Crippen molar-refractivity contribution < 1.29 is 9.21 Å². The van der Waals surface area contributed by atoms with Crippen LogP contribution in [-0.4, -0.2) is 17.1 Å². The Morgan fingerprint density at radius 2 is 2.05 bits per heavy atom. The van der Waals surface area contributed by atoms with E-state index < -0.39 is 0 Å². The number of nitrogens with one attached hydrogen (secondary N) is 3. The zero-order valence-electron chi connectivity index (χ0n) is 12.0. The molecule has 3 N–H and O–H groups in total. The molecule has 110 valence electrons. The highest BCUT2D eigenvalue weighted by Crippen LogP contribution is 2.27. The molecule has 1 amide bonds. The molecular weight excluding hydrogens is 268 g/mol. The summed E-state index contributed by atoms with van der Waals surface area (Å²) in [5.74, 6) is 0.335. The number of carbonyl (C=O) groups is 1. The van der Waals surface area contributed by atoms with Gasteiger partial charge in [0.15, 0.2) is 5.76 Å². The molecule has 2 aromatic rings. The molecule has 6 nitrogen and oxygen atoms in total. The number of rotatable bonds is 3. The van der Waals surface area contributed by atoms with Gasteiger partial charge in [0.05, 0.1) is 18.5 Å². The van der Waals surface area contributed by atoms with Crippen LogP contribution >= 0.6 is 0 Å². The minimum atomic E-state index is -0.209. The number of pyridine rings is 1. The summed E-state index contributed by atoms with van der Waals surface area (Å²) in [7, 11) is 0. The lowest BCUT2D eigenvalue weighted by atomic mass is 9.95. The van der Waals surface area contributed by atoms with Crippen LogP contribution in [0.2, 0.25) is 0 Å². The zero-order valence-corrected chi connectivity index (χ0v) is 12.0. The van der Waals surface area contributed by atoms with Gasteiger partial charge >= 0.3 is 0 Å². The Morgan fingerprint density at radius 1 is 1.29 bits per heavy atom. The molecule has 6 heteroatoms. The molecule has 3 rings (SSSR count). The molecule has 1 saturated heterocycles. The van der Waals surface area contributed by atoms with Crippen LogP contribution in [0.5, 0.6) is 0 Å². The fourth-order valence-electron chi connectivity index (χ4n) is 2.57. The summed E-state index contributed by atoms with van der Waals surface area (Å²) in [6, 6.07) is 5.84. The molecule has 0 saturated carbocycles. The summed E-state index contributed by atoms with van der Waals surface area (Å²) in [6.45, 7) is 3.93. The van der Waals surface area contributed by atoms with Crippen LogP contribution in [0.25, 0.3) is 0 Å². The van der Waals surface area contributed by atoms with E-state index in [0.29, 0.717) is 5.76 Å².